The molecule has 2 rings (SSSR count). The first-order valence-corrected chi connectivity index (χ1v) is 6.25. The maximum Gasteiger partial charge on any atom is 0.222 e. The van der Waals surface area contributed by atoms with E-state index in [0.29, 0.717) is 12.1 Å². The van der Waals surface area contributed by atoms with Gasteiger partial charge in [0.2, 0.25) is 5.95 Å². The van der Waals surface area contributed by atoms with E-state index in [0.717, 1.165) is 23.1 Å². The highest BCUT2D eigenvalue weighted by Gasteiger charge is 2.13. The van der Waals surface area contributed by atoms with Gasteiger partial charge in [0.05, 0.1) is 6.10 Å². The first-order valence-electron chi connectivity index (χ1n) is 5.17. The van der Waals surface area contributed by atoms with Gasteiger partial charge in [-0.05, 0) is 41.9 Å². The Balaban J connectivity index is 1.79. The second kappa shape index (κ2) is 5.60. The summed E-state index contributed by atoms with van der Waals surface area (Å²) in [7, 11) is 0. The first-order chi connectivity index (χ1) is 7.34. The van der Waals surface area contributed by atoms with Crippen molar-refractivity contribution in [2.45, 2.75) is 25.4 Å². The number of rotatable bonds is 3. The minimum absolute atomic E-state index is 0.321. The molecule has 0 radical (unpaired) electrons. The number of ether oxygens (including phenoxy) is 1. The van der Waals surface area contributed by atoms with Gasteiger partial charge in [0.25, 0.3) is 0 Å². The molecular weight excluding hydrogens is 305 g/mol. The van der Waals surface area contributed by atoms with E-state index >= 15 is 0 Å². The lowest BCUT2D eigenvalue weighted by atomic mass is 10.1. The van der Waals surface area contributed by atoms with E-state index < -0.39 is 0 Å². The van der Waals surface area contributed by atoms with Crippen LogP contribution in [0.2, 0.25) is 0 Å². The molecule has 1 aliphatic rings. The molecule has 1 aromatic heterocycles. The van der Waals surface area contributed by atoms with Crippen molar-refractivity contribution in [2.24, 2.45) is 0 Å². The summed E-state index contributed by atoms with van der Waals surface area (Å²) >= 11 is 2.19. The molecular formula is C10H14IN3O. The molecule has 1 aromatic rings. The second-order valence-corrected chi connectivity index (χ2v) is 4.84. The maximum atomic E-state index is 5.60. The van der Waals surface area contributed by atoms with Crippen LogP contribution in [-0.2, 0) is 4.74 Å². The van der Waals surface area contributed by atoms with Crippen LogP contribution >= 0.6 is 22.6 Å². The van der Waals surface area contributed by atoms with E-state index in [-0.39, 0.29) is 0 Å². The zero-order valence-electron chi connectivity index (χ0n) is 8.45. The molecule has 1 atom stereocenters. The van der Waals surface area contributed by atoms with Gasteiger partial charge in [-0.1, -0.05) is 0 Å². The Morgan fingerprint density at radius 3 is 2.87 bits per heavy atom. The van der Waals surface area contributed by atoms with Crippen molar-refractivity contribution in [3.63, 3.8) is 0 Å². The fourth-order valence-corrected chi connectivity index (χ4v) is 1.86. The first kappa shape index (κ1) is 11.1. The van der Waals surface area contributed by atoms with Crippen LogP contribution in [0.3, 0.4) is 0 Å². The van der Waals surface area contributed by atoms with Crippen LogP contribution in [0.25, 0.3) is 0 Å². The zero-order chi connectivity index (χ0) is 10.5. The fraction of sp³-hybridized carbons (Fsp3) is 0.600. The van der Waals surface area contributed by atoms with E-state index in [1.54, 1.807) is 12.4 Å². The van der Waals surface area contributed by atoms with Gasteiger partial charge in [-0.25, -0.2) is 9.97 Å². The van der Waals surface area contributed by atoms with Crippen molar-refractivity contribution in [2.75, 3.05) is 18.5 Å². The Morgan fingerprint density at radius 2 is 2.20 bits per heavy atom. The molecule has 0 spiro atoms. The van der Waals surface area contributed by atoms with Crippen LogP contribution in [0, 0.1) is 3.57 Å². The predicted molar refractivity (Wildman–Crippen MR) is 66.8 cm³/mol. The van der Waals surface area contributed by atoms with Crippen LogP contribution in [-0.4, -0.2) is 29.2 Å². The van der Waals surface area contributed by atoms with Crippen molar-refractivity contribution in [3.8, 4) is 0 Å². The molecule has 1 N–H and O–H groups in total. The lowest BCUT2D eigenvalue weighted by molar-refractivity contribution is 0.0246. The van der Waals surface area contributed by atoms with Crippen LogP contribution in [0.4, 0.5) is 5.95 Å². The second-order valence-electron chi connectivity index (χ2n) is 3.59. The number of nitrogens with one attached hydrogen (secondary N) is 1. The topological polar surface area (TPSA) is 47.0 Å². The molecule has 0 saturated carbocycles. The largest absolute Gasteiger partial charge is 0.376 e. The lowest BCUT2D eigenvalue weighted by Crippen LogP contribution is -2.27. The molecule has 1 aliphatic heterocycles. The van der Waals surface area contributed by atoms with Crippen molar-refractivity contribution >= 4 is 28.5 Å². The molecule has 0 aromatic carbocycles. The third-order valence-corrected chi connectivity index (χ3v) is 2.94. The van der Waals surface area contributed by atoms with E-state index in [2.05, 4.69) is 37.9 Å². The summed E-state index contributed by atoms with van der Waals surface area (Å²) < 4.78 is 6.65. The molecule has 1 unspecified atom stereocenters. The minimum Gasteiger partial charge on any atom is -0.376 e. The van der Waals surface area contributed by atoms with Crippen LogP contribution < -0.4 is 5.32 Å². The van der Waals surface area contributed by atoms with Gasteiger partial charge in [0.1, 0.15) is 0 Å². The van der Waals surface area contributed by atoms with Crippen LogP contribution in [0.15, 0.2) is 12.4 Å². The molecule has 1 fully saturated rings. The Labute approximate surface area is 103 Å². The molecule has 82 valence electrons. The van der Waals surface area contributed by atoms with Gasteiger partial charge in [0, 0.05) is 29.1 Å². The van der Waals surface area contributed by atoms with Crippen LogP contribution in [0.5, 0.6) is 0 Å². The fourth-order valence-electron chi connectivity index (χ4n) is 1.58. The molecule has 0 bridgehead atoms. The Kier molecular flexibility index (Phi) is 4.13. The van der Waals surface area contributed by atoms with Gasteiger partial charge >= 0.3 is 0 Å². The summed E-state index contributed by atoms with van der Waals surface area (Å²) in [5.41, 5.74) is 0. The number of halogens is 1. The Bertz CT molecular complexity index is 298. The summed E-state index contributed by atoms with van der Waals surface area (Å²) in [5.74, 6) is 0.685. The Hall–Kier alpha value is -0.430. The lowest BCUT2D eigenvalue weighted by Gasteiger charge is -2.22. The van der Waals surface area contributed by atoms with E-state index in [1.807, 2.05) is 0 Å². The highest BCUT2D eigenvalue weighted by Crippen LogP contribution is 2.12. The monoisotopic (exact) mass is 319 g/mol. The van der Waals surface area contributed by atoms with Crippen molar-refractivity contribution < 1.29 is 4.74 Å². The third-order valence-electron chi connectivity index (χ3n) is 2.38. The number of nitrogens with zero attached hydrogens (tertiary/aromatic N) is 2. The van der Waals surface area contributed by atoms with E-state index in [4.69, 9.17) is 4.74 Å². The van der Waals surface area contributed by atoms with Crippen molar-refractivity contribution in [1.82, 2.24) is 9.97 Å². The van der Waals surface area contributed by atoms with Crippen molar-refractivity contribution in [3.05, 3.63) is 16.0 Å². The normalized spacial score (nSPS) is 21.3. The average molecular weight is 319 g/mol. The quantitative estimate of drug-likeness (QED) is 0.867. The summed E-state index contributed by atoms with van der Waals surface area (Å²) in [6.07, 6.45) is 7.52. The smallest absolute Gasteiger partial charge is 0.222 e. The minimum atomic E-state index is 0.321. The molecule has 5 heteroatoms. The molecule has 0 amide bonds. The number of hydrogen-bond acceptors (Lipinski definition) is 4. The standard InChI is InChI=1S/C10H14IN3O/c11-8-5-12-10(13-6-8)14-7-9-3-1-2-4-15-9/h5-6,9H,1-4,7H2,(H,12,13,14). The van der Waals surface area contributed by atoms with E-state index in [9.17, 15) is 0 Å². The van der Waals surface area contributed by atoms with Gasteiger partial charge in [-0.2, -0.15) is 0 Å². The highest BCUT2D eigenvalue weighted by atomic mass is 127. The zero-order valence-corrected chi connectivity index (χ0v) is 10.6. The summed E-state index contributed by atoms with van der Waals surface area (Å²) in [6.45, 7) is 1.69. The van der Waals surface area contributed by atoms with Gasteiger partial charge in [0.15, 0.2) is 0 Å². The molecule has 1 saturated heterocycles. The van der Waals surface area contributed by atoms with Gasteiger partial charge < -0.3 is 10.1 Å². The highest BCUT2D eigenvalue weighted by molar-refractivity contribution is 14.1. The molecule has 0 aliphatic carbocycles. The third kappa shape index (κ3) is 3.57. The molecule has 4 nitrogen and oxygen atoms in total. The predicted octanol–water partition coefficient (Wildman–Crippen LogP) is 2.06. The molecule has 2 heterocycles. The Morgan fingerprint density at radius 1 is 1.40 bits per heavy atom. The maximum absolute atomic E-state index is 5.60. The summed E-state index contributed by atoms with van der Waals surface area (Å²) in [4.78, 5) is 8.35. The average Bonchev–Trinajstić information content (AvgIpc) is 2.30. The van der Waals surface area contributed by atoms with Gasteiger partial charge in [-0.15, -0.1) is 0 Å². The van der Waals surface area contributed by atoms with Gasteiger partial charge in [-0.3, -0.25) is 0 Å². The number of hydrogen-bond donors (Lipinski definition) is 1. The number of anilines is 1. The van der Waals surface area contributed by atoms with Crippen LogP contribution in [0.1, 0.15) is 19.3 Å². The van der Waals surface area contributed by atoms with E-state index in [1.165, 1.54) is 12.8 Å². The van der Waals surface area contributed by atoms with Crippen molar-refractivity contribution in [1.29, 1.82) is 0 Å². The number of aromatic nitrogens is 2. The molecule has 15 heavy (non-hydrogen) atoms. The summed E-state index contributed by atoms with van der Waals surface area (Å²) in [6, 6.07) is 0. The SMILES string of the molecule is Ic1cnc(NCC2CCCCO2)nc1. The summed E-state index contributed by atoms with van der Waals surface area (Å²) in [5, 5.41) is 3.19.